The van der Waals surface area contributed by atoms with Gasteiger partial charge in [0.1, 0.15) is 0 Å². The molecule has 0 saturated carbocycles. The van der Waals surface area contributed by atoms with Crippen LogP contribution in [0.5, 0.6) is 0 Å². The third kappa shape index (κ3) is 3.30. The molecule has 1 heterocycles. The molecule has 1 aliphatic rings. The molecule has 2 unspecified atom stereocenters. The summed E-state index contributed by atoms with van der Waals surface area (Å²) in [7, 11) is 2.05. The lowest BCUT2D eigenvalue weighted by atomic mass is 9.99. The van der Waals surface area contributed by atoms with Gasteiger partial charge in [-0.05, 0) is 18.4 Å². The van der Waals surface area contributed by atoms with Crippen LogP contribution in [0, 0.1) is 0 Å². The Morgan fingerprint density at radius 3 is 2.71 bits per heavy atom. The minimum Gasteiger partial charge on any atom is -0.295 e. The Bertz CT molecular complexity index is 325. The molecule has 1 saturated heterocycles. The van der Waals surface area contributed by atoms with Gasteiger partial charge < -0.3 is 0 Å². The first-order valence-electron chi connectivity index (χ1n) is 6.75. The Hall–Kier alpha value is -0.860. The molecule has 1 aliphatic heterocycles. The molecule has 1 aromatic carbocycles. The number of hydrogen-bond donors (Lipinski definition) is 0. The van der Waals surface area contributed by atoms with Crippen molar-refractivity contribution in [3.05, 3.63) is 35.9 Å². The molecule has 1 aromatic rings. The van der Waals surface area contributed by atoms with Crippen LogP contribution in [0.25, 0.3) is 0 Å². The maximum Gasteiger partial charge on any atom is 0.0812 e. The van der Waals surface area contributed by atoms with Crippen LogP contribution < -0.4 is 0 Å². The molecule has 0 spiro atoms. The SMILES string of the molecule is CCCCCC1CC(c2ccccc2)N(C)O1. The highest BCUT2D eigenvalue weighted by Crippen LogP contribution is 2.34. The quantitative estimate of drug-likeness (QED) is 0.714. The largest absolute Gasteiger partial charge is 0.295 e. The van der Waals surface area contributed by atoms with Crippen LogP contribution in [0.4, 0.5) is 0 Å². The summed E-state index contributed by atoms with van der Waals surface area (Å²) < 4.78 is 0. The molecule has 2 rings (SSSR count). The van der Waals surface area contributed by atoms with Crippen molar-refractivity contribution in [2.24, 2.45) is 0 Å². The molecule has 2 heteroatoms. The van der Waals surface area contributed by atoms with Crippen LogP contribution in [0.15, 0.2) is 30.3 Å². The summed E-state index contributed by atoms with van der Waals surface area (Å²) in [6.07, 6.45) is 6.63. The molecule has 2 atom stereocenters. The highest BCUT2D eigenvalue weighted by atomic mass is 16.7. The maximum absolute atomic E-state index is 5.91. The molecular weight excluding hydrogens is 210 g/mol. The van der Waals surface area contributed by atoms with Crippen LogP contribution >= 0.6 is 0 Å². The van der Waals surface area contributed by atoms with Crippen molar-refractivity contribution >= 4 is 0 Å². The molecule has 0 amide bonds. The summed E-state index contributed by atoms with van der Waals surface area (Å²) in [5.41, 5.74) is 1.37. The Balaban J connectivity index is 1.89. The highest BCUT2D eigenvalue weighted by molar-refractivity contribution is 5.19. The fraction of sp³-hybridized carbons (Fsp3) is 0.600. The zero-order valence-electron chi connectivity index (χ0n) is 10.9. The van der Waals surface area contributed by atoms with Gasteiger partial charge >= 0.3 is 0 Å². The van der Waals surface area contributed by atoms with Crippen molar-refractivity contribution in [1.29, 1.82) is 0 Å². The summed E-state index contributed by atoms with van der Waals surface area (Å²) >= 11 is 0. The lowest BCUT2D eigenvalue weighted by Crippen LogP contribution is -2.16. The van der Waals surface area contributed by atoms with E-state index in [4.69, 9.17) is 4.84 Å². The van der Waals surface area contributed by atoms with Crippen molar-refractivity contribution < 1.29 is 4.84 Å². The van der Waals surface area contributed by atoms with Crippen LogP contribution in [0.1, 0.15) is 50.6 Å². The van der Waals surface area contributed by atoms with Crippen LogP contribution in [-0.2, 0) is 4.84 Å². The molecule has 0 bridgehead atoms. The van der Waals surface area contributed by atoms with E-state index in [1.807, 2.05) is 5.06 Å². The summed E-state index contributed by atoms with van der Waals surface area (Å²) in [4.78, 5) is 5.91. The van der Waals surface area contributed by atoms with Gasteiger partial charge in [-0.2, -0.15) is 5.06 Å². The van der Waals surface area contributed by atoms with E-state index in [0.717, 1.165) is 6.42 Å². The van der Waals surface area contributed by atoms with Crippen molar-refractivity contribution in [2.75, 3.05) is 7.05 Å². The Kier molecular flexibility index (Phi) is 4.57. The second-order valence-electron chi connectivity index (χ2n) is 4.93. The van der Waals surface area contributed by atoms with E-state index in [9.17, 15) is 0 Å². The van der Waals surface area contributed by atoms with Crippen LogP contribution in [0.2, 0.25) is 0 Å². The number of hydrogen-bond acceptors (Lipinski definition) is 2. The molecular formula is C15H23NO. The van der Waals surface area contributed by atoms with Gasteiger partial charge in [-0.1, -0.05) is 56.5 Å². The molecule has 1 fully saturated rings. The van der Waals surface area contributed by atoms with Gasteiger partial charge in [-0.3, -0.25) is 4.84 Å². The third-order valence-corrected chi connectivity index (χ3v) is 3.55. The minimum atomic E-state index is 0.414. The van der Waals surface area contributed by atoms with E-state index in [2.05, 4.69) is 44.3 Å². The van der Waals surface area contributed by atoms with Gasteiger partial charge in [0.15, 0.2) is 0 Å². The zero-order chi connectivity index (χ0) is 12.1. The number of hydroxylamine groups is 2. The van der Waals surface area contributed by atoms with Gasteiger partial charge in [0, 0.05) is 7.05 Å². The summed E-state index contributed by atoms with van der Waals surface area (Å²) in [6.45, 7) is 2.24. The van der Waals surface area contributed by atoms with E-state index in [-0.39, 0.29) is 0 Å². The topological polar surface area (TPSA) is 12.5 Å². The Labute approximate surface area is 105 Å². The van der Waals surface area contributed by atoms with Gasteiger partial charge in [-0.25, -0.2) is 0 Å². The van der Waals surface area contributed by atoms with Crippen molar-refractivity contribution in [1.82, 2.24) is 5.06 Å². The second-order valence-corrected chi connectivity index (χ2v) is 4.93. The van der Waals surface area contributed by atoms with Gasteiger partial charge in [0.2, 0.25) is 0 Å². The predicted octanol–water partition coefficient (Wildman–Crippen LogP) is 3.94. The average Bonchev–Trinajstić information content (AvgIpc) is 2.72. The van der Waals surface area contributed by atoms with E-state index < -0.39 is 0 Å². The Morgan fingerprint density at radius 2 is 2.00 bits per heavy atom. The first-order valence-corrected chi connectivity index (χ1v) is 6.75. The van der Waals surface area contributed by atoms with E-state index >= 15 is 0 Å². The first-order chi connectivity index (χ1) is 8.31. The molecule has 17 heavy (non-hydrogen) atoms. The van der Waals surface area contributed by atoms with Crippen LogP contribution in [-0.4, -0.2) is 18.2 Å². The van der Waals surface area contributed by atoms with Gasteiger partial charge in [-0.15, -0.1) is 0 Å². The number of rotatable bonds is 5. The lowest BCUT2D eigenvalue weighted by molar-refractivity contribution is -0.145. The molecule has 0 aliphatic carbocycles. The van der Waals surface area contributed by atoms with Crippen molar-refractivity contribution in [2.45, 2.75) is 51.2 Å². The number of unbranched alkanes of at least 4 members (excludes halogenated alkanes) is 2. The smallest absolute Gasteiger partial charge is 0.0812 e. The van der Waals surface area contributed by atoms with Crippen LogP contribution in [0.3, 0.4) is 0 Å². The third-order valence-electron chi connectivity index (χ3n) is 3.55. The van der Waals surface area contributed by atoms with E-state index in [1.54, 1.807) is 0 Å². The standard InChI is InChI=1S/C15H23NO/c1-3-4-6-11-14-12-15(16(2)17-14)13-9-7-5-8-10-13/h5,7-10,14-15H,3-4,6,11-12H2,1-2H3. The Morgan fingerprint density at radius 1 is 1.24 bits per heavy atom. The minimum absolute atomic E-state index is 0.414. The molecule has 0 radical (unpaired) electrons. The maximum atomic E-state index is 5.91. The zero-order valence-corrected chi connectivity index (χ0v) is 10.9. The van der Waals surface area contributed by atoms with E-state index in [0.29, 0.717) is 12.1 Å². The molecule has 94 valence electrons. The summed E-state index contributed by atoms with van der Waals surface area (Å²) in [6, 6.07) is 11.1. The molecule has 0 N–H and O–H groups in total. The second kappa shape index (κ2) is 6.18. The first kappa shape index (κ1) is 12.6. The fourth-order valence-corrected chi connectivity index (χ4v) is 2.56. The fourth-order valence-electron chi connectivity index (χ4n) is 2.56. The van der Waals surface area contributed by atoms with Gasteiger partial charge in [0.25, 0.3) is 0 Å². The highest BCUT2D eigenvalue weighted by Gasteiger charge is 2.31. The van der Waals surface area contributed by atoms with Crippen molar-refractivity contribution in [3.8, 4) is 0 Å². The average molecular weight is 233 g/mol. The summed E-state index contributed by atoms with van der Waals surface area (Å²) in [5, 5.41) is 2.03. The lowest BCUT2D eigenvalue weighted by Gasteiger charge is -2.17. The monoisotopic (exact) mass is 233 g/mol. The molecule has 0 aromatic heterocycles. The van der Waals surface area contributed by atoms with Crippen molar-refractivity contribution in [3.63, 3.8) is 0 Å². The predicted molar refractivity (Wildman–Crippen MR) is 70.6 cm³/mol. The summed E-state index contributed by atoms with van der Waals surface area (Å²) in [5.74, 6) is 0. The molecule has 2 nitrogen and oxygen atoms in total. The normalized spacial score (nSPS) is 25.3. The number of nitrogens with zero attached hydrogens (tertiary/aromatic N) is 1. The van der Waals surface area contributed by atoms with E-state index in [1.165, 1.54) is 31.2 Å². The number of benzene rings is 1. The van der Waals surface area contributed by atoms with Gasteiger partial charge in [0.05, 0.1) is 12.1 Å².